The number of halogens is 1. The maximum atomic E-state index is 13.7. The second-order valence-electron chi connectivity index (χ2n) is 4.15. The van der Waals surface area contributed by atoms with Crippen LogP contribution in [0.4, 0.5) is 4.39 Å². The topological polar surface area (TPSA) is 41.6 Å². The minimum absolute atomic E-state index is 0.0496. The lowest BCUT2D eigenvalue weighted by atomic mass is 10.2. The highest BCUT2D eigenvalue weighted by atomic mass is 19.1. The molecule has 0 fully saturated rings. The van der Waals surface area contributed by atoms with Gasteiger partial charge in [0.1, 0.15) is 0 Å². The van der Waals surface area contributed by atoms with Crippen LogP contribution in [0.1, 0.15) is 12.0 Å². The Morgan fingerprint density at radius 2 is 2.17 bits per heavy atom. The molecule has 0 spiro atoms. The summed E-state index contributed by atoms with van der Waals surface area (Å²) in [6, 6.07) is 5.01. The number of amides is 1. The van der Waals surface area contributed by atoms with E-state index in [1.165, 1.54) is 12.0 Å². The van der Waals surface area contributed by atoms with Gasteiger partial charge < -0.3 is 15.0 Å². The summed E-state index contributed by atoms with van der Waals surface area (Å²) in [5.41, 5.74) is 0.534. The molecule has 0 atom stereocenters. The number of hydrogen-bond donors (Lipinski definition) is 1. The fourth-order valence-electron chi connectivity index (χ4n) is 1.49. The van der Waals surface area contributed by atoms with Gasteiger partial charge in [-0.25, -0.2) is 4.39 Å². The number of benzene rings is 1. The van der Waals surface area contributed by atoms with Gasteiger partial charge in [0.25, 0.3) is 0 Å². The van der Waals surface area contributed by atoms with E-state index < -0.39 is 0 Å². The molecule has 1 aromatic carbocycles. The summed E-state index contributed by atoms with van der Waals surface area (Å²) in [5, 5.41) is 3.04. The molecule has 1 aromatic rings. The van der Waals surface area contributed by atoms with Crippen LogP contribution in [0.15, 0.2) is 18.2 Å². The van der Waals surface area contributed by atoms with E-state index in [2.05, 4.69) is 5.32 Å². The SMILES string of the molecule is COc1cccc(CNCCC(=O)N(C)C)c1F. The second kappa shape index (κ2) is 6.96. The third-order valence-corrected chi connectivity index (χ3v) is 2.59. The van der Waals surface area contributed by atoms with Gasteiger partial charge in [-0.2, -0.15) is 0 Å². The van der Waals surface area contributed by atoms with Gasteiger partial charge in [0.2, 0.25) is 5.91 Å². The van der Waals surface area contributed by atoms with Crippen LogP contribution in [0.2, 0.25) is 0 Å². The van der Waals surface area contributed by atoms with Crippen LogP contribution < -0.4 is 10.1 Å². The Kier molecular flexibility index (Phi) is 5.58. The van der Waals surface area contributed by atoms with Crippen LogP contribution in [-0.4, -0.2) is 38.6 Å². The number of hydrogen-bond acceptors (Lipinski definition) is 3. The molecule has 1 amide bonds. The Morgan fingerprint density at radius 3 is 2.78 bits per heavy atom. The third-order valence-electron chi connectivity index (χ3n) is 2.59. The van der Waals surface area contributed by atoms with Crippen molar-refractivity contribution in [2.75, 3.05) is 27.7 Å². The number of nitrogens with zero attached hydrogens (tertiary/aromatic N) is 1. The van der Waals surface area contributed by atoms with Crippen LogP contribution in [-0.2, 0) is 11.3 Å². The molecule has 1 N–H and O–H groups in total. The first-order chi connectivity index (χ1) is 8.56. The van der Waals surface area contributed by atoms with Crippen LogP contribution in [0.5, 0.6) is 5.75 Å². The van der Waals surface area contributed by atoms with Crippen LogP contribution in [0.3, 0.4) is 0 Å². The molecule has 4 nitrogen and oxygen atoms in total. The summed E-state index contributed by atoms with van der Waals surface area (Å²) in [7, 11) is 4.86. The first-order valence-electron chi connectivity index (χ1n) is 5.78. The lowest BCUT2D eigenvalue weighted by molar-refractivity contribution is -0.128. The smallest absolute Gasteiger partial charge is 0.223 e. The van der Waals surface area contributed by atoms with Crippen molar-refractivity contribution in [3.05, 3.63) is 29.6 Å². The van der Waals surface area contributed by atoms with Crippen molar-refractivity contribution in [1.29, 1.82) is 0 Å². The van der Waals surface area contributed by atoms with E-state index >= 15 is 0 Å². The van der Waals surface area contributed by atoms with Crippen molar-refractivity contribution < 1.29 is 13.9 Å². The van der Waals surface area contributed by atoms with Crippen molar-refractivity contribution in [3.8, 4) is 5.75 Å². The average molecular weight is 254 g/mol. The minimum atomic E-state index is -0.355. The summed E-state index contributed by atoms with van der Waals surface area (Å²) in [4.78, 5) is 12.8. The van der Waals surface area contributed by atoms with Gasteiger partial charge in [-0.1, -0.05) is 12.1 Å². The normalized spacial score (nSPS) is 10.2. The van der Waals surface area contributed by atoms with E-state index in [-0.39, 0.29) is 17.5 Å². The highest BCUT2D eigenvalue weighted by Gasteiger charge is 2.08. The quantitative estimate of drug-likeness (QED) is 0.780. The van der Waals surface area contributed by atoms with E-state index in [0.717, 1.165) is 0 Å². The Balaban J connectivity index is 2.42. The molecule has 0 aliphatic rings. The summed E-state index contributed by atoms with van der Waals surface area (Å²) >= 11 is 0. The van der Waals surface area contributed by atoms with Gasteiger partial charge in [0.05, 0.1) is 7.11 Å². The van der Waals surface area contributed by atoms with Gasteiger partial charge in [-0.3, -0.25) is 4.79 Å². The Morgan fingerprint density at radius 1 is 1.44 bits per heavy atom. The van der Waals surface area contributed by atoms with Gasteiger partial charge in [-0.15, -0.1) is 0 Å². The summed E-state index contributed by atoms with van der Waals surface area (Å²) in [5.74, 6) is -0.0706. The second-order valence-corrected chi connectivity index (χ2v) is 4.15. The Labute approximate surface area is 107 Å². The van der Waals surface area contributed by atoms with Crippen LogP contribution in [0, 0.1) is 5.82 Å². The summed E-state index contributed by atoms with van der Waals surface area (Å²) in [6.07, 6.45) is 0.401. The zero-order chi connectivity index (χ0) is 13.5. The summed E-state index contributed by atoms with van der Waals surface area (Å²) < 4.78 is 18.6. The number of methoxy groups -OCH3 is 1. The Hall–Kier alpha value is -1.62. The van der Waals surface area contributed by atoms with Gasteiger partial charge in [0, 0.05) is 39.2 Å². The minimum Gasteiger partial charge on any atom is -0.494 e. The molecule has 0 bridgehead atoms. The molecule has 0 aliphatic heterocycles. The maximum absolute atomic E-state index is 13.7. The van der Waals surface area contributed by atoms with Gasteiger partial charge >= 0.3 is 0 Å². The third kappa shape index (κ3) is 4.00. The zero-order valence-electron chi connectivity index (χ0n) is 11.0. The molecule has 0 heterocycles. The van der Waals surface area contributed by atoms with Crippen molar-refractivity contribution in [2.45, 2.75) is 13.0 Å². The van der Waals surface area contributed by atoms with Crippen LogP contribution >= 0.6 is 0 Å². The van der Waals surface area contributed by atoms with Gasteiger partial charge in [0.15, 0.2) is 11.6 Å². The average Bonchev–Trinajstić information content (AvgIpc) is 2.35. The van der Waals surface area contributed by atoms with E-state index in [1.807, 2.05) is 0 Å². The molecule has 100 valence electrons. The fourth-order valence-corrected chi connectivity index (χ4v) is 1.49. The Bertz CT molecular complexity index is 408. The number of nitrogens with one attached hydrogen (secondary N) is 1. The highest BCUT2D eigenvalue weighted by molar-refractivity contribution is 5.75. The van der Waals surface area contributed by atoms with Crippen molar-refractivity contribution in [2.24, 2.45) is 0 Å². The van der Waals surface area contributed by atoms with E-state index in [0.29, 0.717) is 25.1 Å². The van der Waals surface area contributed by atoms with Crippen molar-refractivity contribution in [1.82, 2.24) is 10.2 Å². The van der Waals surface area contributed by atoms with Crippen LogP contribution in [0.25, 0.3) is 0 Å². The van der Waals surface area contributed by atoms with Crippen molar-refractivity contribution >= 4 is 5.91 Å². The molecule has 1 rings (SSSR count). The number of rotatable bonds is 6. The van der Waals surface area contributed by atoms with E-state index in [4.69, 9.17) is 4.74 Å². The van der Waals surface area contributed by atoms with Gasteiger partial charge in [-0.05, 0) is 6.07 Å². The standard InChI is InChI=1S/C13H19FN2O2/c1-16(2)12(17)7-8-15-9-10-5-4-6-11(18-3)13(10)14/h4-6,15H,7-9H2,1-3H3. The van der Waals surface area contributed by atoms with E-state index in [1.54, 1.807) is 32.3 Å². The fraction of sp³-hybridized carbons (Fsp3) is 0.462. The molecular formula is C13H19FN2O2. The first kappa shape index (κ1) is 14.4. The first-order valence-corrected chi connectivity index (χ1v) is 5.78. The highest BCUT2D eigenvalue weighted by Crippen LogP contribution is 2.19. The number of ether oxygens (including phenoxy) is 1. The predicted molar refractivity (Wildman–Crippen MR) is 68.0 cm³/mol. The number of carbonyl (C=O) groups excluding carboxylic acids is 1. The summed E-state index contributed by atoms with van der Waals surface area (Å²) in [6.45, 7) is 0.900. The molecule has 0 aliphatic carbocycles. The van der Waals surface area contributed by atoms with E-state index in [9.17, 15) is 9.18 Å². The van der Waals surface area contributed by atoms with Crippen molar-refractivity contribution in [3.63, 3.8) is 0 Å². The molecule has 0 aromatic heterocycles. The largest absolute Gasteiger partial charge is 0.494 e. The monoisotopic (exact) mass is 254 g/mol. The maximum Gasteiger partial charge on any atom is 0.223 e. The predicted octanol–water partition coefficient (Wildman–Crippen LogP) is 1.40. The molecule has 0 saturated heterocycles. The zero-order valence-corrected chi connectivity index (χ0v) is 11.0. The molecule has 0 radical (unpaired) electrons. The molecule has 0 saturated carbocycles. The molecule has 5 heteroatoms. The lowest BCUT2D eigenvalue weighted by Crippen LogP contribution is -2.26. The molecule has 18 heavy (non-hydrogen) atoms. The number of carbonyl (C=O) groups is 1. The molecular weight excluding hydrogens is 235 g/mol. The lowest BCUT2D eigenvalue weighted by Gasteiger charge is -2.11. The molecule has 0 unspecified atom stereocenters.